The van der Waals surface area contributed by atoms with E-state index in [1.807, 2.05) is 6.07 Å². The first kappa shape index (κ1) is 11.8. The molecule has 1 aliphatic rings. The Labute approximate surface area is 112 Å². The Morgan fingerprint density at radius 1 is 0.950 bits per heavy atom. The van der Waals surface area contributed by atoms with Gasteiger partial charge in [-0.05, 0) is 6.07 Å². The highest BCUT2D eigenvalue weighted by Crippen LogP contribution is 2.39. The number of pyridine rings is 1. The molecule has 0 bridgehead atoms. The number of hydrogen-bond acceptors (Lipinski definition) is 5. The van der Waals surface area contributed by atoms with Gasteiger partial charge in [-0.3, -0.25) is 4.98 Å². The minimum absolute atomic E-state index is 0.0142. The third kappa shape index (κ3) is 1.53. The number of hydrogen-bond donors (Lipinski definition) is 1. The van der Waals surface area contributed by atoms with Crippen molar-refractivity contribution in [2.75, 3.05) is 5.32 Å². The van der Waals surface area contributed by atoms with E-state index in [2.05, 4.69) is 10.3 Å². The molecular weight excluding hydrogens is 256 g/mol. The Hall–Kier alpha value is -3.22. The second-order valence-electron chi connectivity index (χ2n) is 4.12. The van der Waals surface area contributed by atoms with Crippen LogP contribution >= 0.6 is 0 Å². The largest absolute Gasteiger partial charge is 0.343 e. The van der Waals surface area contributed by atoms with Gasteiger partial charge in [0, 0.05) is 17.1 Å². The molecule has 0 saturated heterocycles. The van der Waals surface area contributed by atoms with Crippen LogP contribution in [0.1, 0.15) is 5.56 Å². The second kappa shape index (κ2) is 4.47. The number of aromatic nitrogens is 1. The molecule has 3 rings (SSSR count). The first-order valence-electron chi connectivity index (χ1n) is 5.71. The average Bonchev–Trinajstić information content (AvgIpc) is 2.52. The third-order valence-electron chi connectivity index (χ3n) is 3.10. The van der Waals surface area contributed by atoms with Crippen LogP contribution in [0.5, 0.6) is 0 Å². The molecule has 0 atom stereocenters. The van der Waals surface area contributed by atoms with Gasteiger partial charge >= 0.3 is 0 Å². The van der Waals surface area contributed by atoms with E-state index in [4.69, 9.17) is 0 Å². The lowest BCUT2D eigenvalue weighted by molar-refractivity contribution is 0.564. The van der Waals surface area contributed by atoms with Gasteiger partial charge in [0.25, 0.3) is 0 Å². The zero-order chi connectivity index (χ0) is 14.1. The van der Waals surface area contributed by atoms with Crippen molar-refractivity contribution in [2.45, 2.75) is 0 Å². The molecule has 1 aliphatic heterocycles. The van der Waals surface area contributed by atoms with Gasteiger partial charge in [0.2, 0.25) is 0 Å². The fourth-order valence-electron chi connectivity index (χ4n) is 2.21. The molecule has 0 saturated carbocycles. The standard InChI is InChI=1S/C15H6N2O3/c18-6-11-10-4-3-9-2-1-5-16-14(9)15(10)17-13(8-20)12(11)7-19/h1-5,17H. The Balaban J connectivity index is 2.46. The summed E-state index contributed by atoms with van der Waals surface area (Å²) in [6, 6.07) is 7.08. The van der Waals surface area contributed by atoms with Crippen LogP contribution in [0, 0.1) is 0 Å². The topological polar surface area (TPSA) is 76.1 Å². The van der Waals surface area contributed by atoms with E-state index in [1.165, 1.54) is 0 Å². The minimum Gasteiger partial charge on any atom is -0.343 e. The van der Waals surface area contributed by atoms with Gasteiger partial charge in [-0.1, -0.05) is 18.2 Å². The van der Waals surface area contributed by atoms with Crippen LogP contribution in [-0.4, -0.2) is 22.8 Å². The number of nitrogens with one attached hydrogen (secondary N) is 1. The summed E-state index contributed by atoms with van der Waals surface area (Å²) >= 11 is 0. The monoisotopic (exact) mass is 262 g/mol. The number of fused-ring (bicyclic) bond motifs is 3. The molecule has 0 amide bonds. The fourth-order valence-corrected chi connectivity index (χ4v) is 2.21. The van der Waals surface area contributed by atoms with Crippen molar-refractivity contribution in [1.82, 2.24) is 4.98 Å². The quantitative estimate of drug-likeness (QED) is 0.725. The highest BCUT2D eigenvalue weighted by molar-refractivity contribution is 6.15. The summed E-state index contributed by atoms with van der Waals surface area (Å²) in [5.74, 6) is 4.87. The lowest BCUT2D eigenvalue weighted by Crippen LogP contribution is -2.14. The van der Waals surface area contributed by atoms with Gasteiger partial charge in [0.1, 0.15) is 23.2 Å². The molecule has 5 heteroatoms. The van der Waals surface area contributed by atoms with Crippen LogP contribution in [0.15, 0.2) is 41.7 Å². The molecule has 0 aliphatic carbocycles. The minimum atomic E-state index is -0.169. The van der Waals surface area contributed by atoms with Gasteiger partial charge in [-0.15, -0.1) is 0 Å². The average molecular weight is 262 g/mol. The van der Waals surface area contributed by atoms with Crippen molar-refractivity contribution < 1.29 is 14.4 Å². The maximum Gasteiger partial charge on any atom is 0.152 e. The van der Waals surface area contributed by atoms with Crippen molar-refractivity contribution in [3.05, 3.63) is 47.3 Å². The lowest BCUT2D eigenvalue weighted by atomic mass is 9.91. The highest BCUT2D eigenvalue weighted by Gasteiger charge is 2.27. The molecular formula is C15H6N2O3. The van der Waals surface area contributed by atoms with E-state index in [-0.39, 0.29) is 16.8 Å². The van der Waals surface area contributed by atoms with Crippen molar-refractivity contribution in [3.8, 4) is 0 Å². The molecule has 94 valence electrons. The fraction of sp³-hybridized carbons (Fsp3) is 0. The normalized spacial score (nSPS) is 13.1. The third-order valence-corrected chi connectivity index (χ3v) is 3.10. The van der Waals surface area contributed by atoms with Gasteiger partial charge in [0.15, 0.2) is 5.94 Å². The molecule has 1 aromatic heterocycles. The van der Waals surface area contributed by atoms with Gasteiger partial charge in [-0.2, -0.15) is 0 Å². The molecule has 1 N–H and O–H groups in total. The number of carbonyl (C=O) groups excluding carboxylic acids is 3. The summed E-state index contributed by atoms with van der Waals surface area (Å²) < 4.78 is 0. The summed E-state index contributed by atoms with van der Waals surface area (Å²) in [6.45, 7) is 0. The molecule has 20 heavy (non-hydrogen) atoms. The van der Waals surface area contributed by atoms with E-state index in [0.29, 0.717) is 16.8 Å². The lowest BCUT2D eigenvalue weighted by Gasteiger charge is -2.20. The van der Waals surface area contributed by atoms with Crippen LogP contribution in [0.25, 0.3) is 16.5 Å². The molecule has 5 nitrogen and oxygen atoms in total. The van der Waals surface area contributed by atoms with E-state index in [0.717, 1.165) is 5.39 Å². The van der Waals surface area contributed by atoms with E-state index in [9.17, 15) is 14.4 Å². The molecule has 1 aromatic carbocycles. The Morgan fingerprint density at radius 3 is 2.45 bits per heavy atom. The molecule has 0 spiro atoms. The SMILES string of the molecule is O=C=C1Nc2c(ccc3cccnc23)C(=C=O)C1=C=O. The Bertz CT molecular complexity index is 894. The number of allylic oxidation sites excluding steroid dienone is 1. The van der Waals surface area contributed by atoms with Gasteiger partial charge in [0.05, 0.1) is 16.8 Å². The van der Waals surface area contributed by atoms with Crippen LogP contribution in [0.4, 0.5) is 5.69 Å². The zero-order valence-electron chi connectivity index (χ0n) is 10.1. The number of nitrogens with zero attached hydrogens (tertiary/aromatic N) is 1. The second-order valence-corrected chi connectivity index (χ2v) is 4.12. The molecule has 0 radical (unpaired) electrons. The molecule has 0 unspecified atom stereocenters. The summed E-state index contributed by atoms with van der Waals surface area (Å²) in [5, 5.41) is 3.63. The smallest absolute Gasteiger partial charge is 0.152 e. The summed E-state index contributed by atoms with van der Waals surface area (Å²) in [6.07, 6.45) is 1.60. The van der Waals surface area contributed by atoms with Gasteiger partial charge < -0.3 is 5.32 Å². The summed E-state index contributed by atoms with van der Waals surface area (Å²) in [7, 11) is 0. The van der Waals surface area contributed by atoms with Crippen molar-refractivity contribution in [1.29, 1.82) is 0 Å². The molecule has 2 heterocycles. The maximum absolute atomic E-state index is 11.1. The predicted molar refractivity (Wildman–Crippen MR) is 72.9 cm³/mol. The number of rotatable bonds is 0. The van der Waals surface area contributed by atoms with E-state index in [1.54, 1.807) is 42.2 Å². The maximum atomic E-state index is 11.1. The molecule has 2 aromatic rings. The van der Waals surface area contributed by atoms with Crippen LogP contribution in [0.3, 0.4) is 0 Å². The van der Waals surface area contributed by atoms with E-state index >= 15 is 0 Å². The summed E-state index contributed by atoms with van der Waals surface area (Å²) in [4.78, 5) is 37.3. The first-order valence-corrected chi connectivity index (χ1v) is 5.71. The summed E-state index contributed by atoms with van der Waals surface area (Å²) in [5.41, 5.74) is 1.22. The first-order chi connectivity index (χ1) is 9.80. The van der Waals surface area contributed by atoms with Crippen molar-refractivity contribution in [2.24, 2.45) is 0 Å². The van der Waals surface area contributed by atoms with Crippen LogP contribution in [0.2, 0.25) is 0 Å². The van der Waals surface area contributed by atoms with Gasteiger partial charge in [-0.25, -0.2) is 14.4 Å². The van der Waals surface area contributed by atoms with Crippen molar-refractivity contribution in [3.63, 3.8) is 0 Å². The Kier molecular flexibility index (Phi) is 2.65. The number of anilines is 1. The molecule has 0 fully saturated rings. The highest BCUT2D eigenvalue weighted by atomic mass is 16.1. The van der Waals surface area contributed by atoms with E-state index < -0.39 is 0 Å². The number of benzene rings is 1. The zero-order valence-corrected chi connectivity index (χ0v) is 10.1. The van der Waals surface area contributed by atoms with Crippen LogP contribution in [-0.2, 0) is 14.4 Å². The predicted octanol–water partition coefficient (Wildman–Crippen LogP) is 1.35. The Morgan fingerprint density at radius 2 is 1.75 bits per heavy atom. The van der Waals surface area contributed by atoms with Crippen molar-refractivity contribution >= 4 is 40.0 Å². The van der Waals surface area contributed by atoms with Crippen LogP contribution < -0.4 is 5.32 Å².